The summed E-state index contributed by atoms with van der Waals surface area (Å²) in [4.78, 5) is 37.0. The minimum Gasteiger partial charge on any atom is -0.543 e. The molecule has 0 atom stereocenters. The fourth-order valence-corrected chi connectivity index (χ4v) is 4.30. The van der Waals surface area contributed by atoms with Gasteiger partial charge in [0.25, 0.3) is 5.56 Å². The Morgan fingerprint density at radius 1 is 0.909 bits per heavy atom. The molecule has 2 heterocycles. The number of carboxylic acids is 1. The molecule has 8 heteroatoms. The van der Waals surface area contributed by atoms with Crippen LogP contribution in [-0.4, -0.2) is 26.2 Å². The van der Waals surface area contributed by atoms with Crippen molar-refractivity contribution >= 4 is 50.1 Å². The number of carboxylic acid groups (broad SMARTS) is 1. The third-order valence-corrected chi connectivity index (χ3v) is 5.73. The fourth-order valence-electron chi connectivity index (χ4n) is 4.30. The van der Waals surface area contributed by atoms with E-state index in [4.69, 9.17) is 0 Å². The van der Waals surface area contributed by atoms with Gasteiger partial charge >= 0.3 is 0 Å². The summed E-state index contributed by atoms with van der Waals surface area (Å²) in [5, 5.41) is 20.6. The van der Waals surface area contributed by atoms with Crippen molar-refractivity contribution in [2.24, 2.45) is 0 Å². The lowest BCUT2D eigenvalue weighted by molar-refractivity contribution is -0.255. The third-order valence-electron chi connectivity index (χ3n) is 5.73. The van der Waals surface area contributed by atoms with Crippen molar-refractivity contribution in [3.8, 4) is 0 Å². The zero-order chi connectivity index (χ0) is 23.1. The molecular weight excluding hydrogens is 420 g/mol. The lowest BCUT2D eigenvalue weighted by Crippen LogP contribution is -2.34. The molecule has 0 bridgehead atoms. The molecule has 164 valence electrons. The summed E-state index contributed by atoms with van der Waals surface area (Å²) in [6.45, 7) is 2.46. The zero-order valence-electron chi connectivity index (χ0n) is 17.7. The Kier molecular flexibility index (Phi) is 4.90. The summed E-state index contributed by atoms with van der Waals surface area (Å²) in [6.07, 6.45) is 0. The number of anilines is 1. The van der Waals surface area contributed by atoms with Crippen LogP contribution < -0.4 is 16.0 Å². The van der Waals surface area contributed by atoms with Gasteiger partial charge in [-0.05, 0) is 37.3 Å². The van der Waals surface area contributed by atoms with Crippen LogP contribution in [-0.2, 0) is 17.9 Å². The SMILES string of the molecule is CCn1c2ccccc2c2cc(NC(=O)Cn3nc(C(=O)[O-])c4ccccc4c3=O)ccc21. The van der Waals surface area contributed by atoms with Gasteiger partial charge in [-0.1, -0.05) is 36.4 Å². The number of amides is 1. The van der Waals surface area contributed by atoms with Gasteiger partial charge in [0.1, 0.15) is 12.2 Å². The Balaban J connectivity index is 1.49. The van der Waals surface area contributed by atoms with E-state index >= 15 is 0 Å². The molecule has 5 rings (SSSR count). The average molecular weight is 439 g/mol. The van der Waals surface area contributed by atoms with Gasteiger partial charge in [0.05, 0.1) is 11.4 Å². The number of nitrogens with one attached hydrogen (secondary N) is 1. The van der Waals surface area contributed by atoms with Crippen molar-refractivity contribution in [3.63, 3.8) is 0 Å². The molecule has 2 aromatic heterocycles. The summed E-state index contributed by atoms with van der Waals surface area (Å²) < 4.78 is 3.06. The van der Waals surface area contributed by atoms with Crippen LogP contribution in [0.15, 0.2) is 71.5 Å². The van der Waals surface area contributed by atoms with Gasteiger partial charge in [0, 0.05) is 39.4 Å². The number of nitrogens with zero attached hydrogens (tertiary/aromatic N) is 3. The molecule has 0 spiro atoms. The number of para-hydroxylation sites is 1. The van der Waals surface area contributed by atoms with Crippen molar-refractivity contribution in [1.29, 1.82) is 0 Å². The monoisotopic (exact) mass is 439 g/mol. The second-order valence-corrected chi connectivity index (χ2v) is 7.69. The number of aromatic nitrogens is 3. The first-order valence-corrected chi connectivity index (χ1v) is 10.5. The standard InChI is InChI=1S/C25H20N4O4/c1-2-28-20-10-6-5-7-16(20)19-13-15(11-12-21(19)28)26-22(30)14-29-24(31)18-9-4-3-8-17(18)23(27-29)25(32)33/h3-13H,2,14H2,1H3,(H,26,30)(H,32,33)/p-1. The molecule has 0 saturated heterocycles. The first-order chi connectivity index (χ1) is 16.0. The largest absolute Gasteiger partial charge is 0.543 e. The number of carbonyl (C=O) groups excluding carboxylic acids is 2. The predicted octanol–water partition coefficient (Wildman–Crippen LogP) is 2.53. The van der Waals surface area contributed by atoms with Crippen LogP contribution >= 0.6 is 0 Å². The number of hydrogen-bond donors (Lipinski definition) is 1. The van der Waals surface area contributed by atoms with Gasteiger partial charge in [0.15, 0.2) is 0 Å². The summed E-state index contributed by atoms with van der Waals surface area (Å²) in [6, 6.07) is 19.9. The van der Waals surface area contributed by atoms with Crippen molar-refractivity contribution in [2.75, 3.05) is 5.32 Å². The molecule has 33 heavy (non-hydrogen) atoms. The average Bonchev–Trinajstić information content (AvgIpc) is 3.13. The van der Waals surface area contributed by atoms with Crippen molar-refractivity contribution in [1.82, 2.24) is 14.3 Å². The molecular formula is C25H19N4O4-. The van der Waals surface area contributed by atoms with Crippen molar-refractivity contribution in [2.45, 2.75) is 20.0 Å². The minimum atomic E-state index is -1.52. The smallest absolute Gasteiger partial charge is 0.275 e. The highest BCUT2D eigenvalue weighted by Crippen LogP contribution is 2.31. The van der Waals surface area contributed by atoms with Crippen LogP contribution in [0.25, 0.3) is 32.6 Å². The van der Waals surface area contributed by atoms with Crippen LogP contribution in [0, 0.1) is 0 Å². The van der Waals surface area contributed by atoms with E-state index < -0.39 is 24.0 Å². The number of aromatic carboxylic acids is 1. The van der Waals surface area contributed by atoms with Crippen LogP contribution in [0.3, 0.4) is 0 Å². The van der Waals surface area contributed by atoms with E-state index in [1.165, 1.54) is 12.1 Å². The molecule has 0 radical (unpaired) electrons. The fraction of sp³-hybridized carbons (Fsp3) is 0.120. The van der Waals surface area contributed by atoms with E-state index in [1.807, 2.05) is 30.3 Å². The first kappa shape index (κ1) is 20.4. The maximum Gasteiger partial charge on any atom is 0.275 e. The molecule has 3 aromatic carbocycles. The van der Waals surface area contributed by atoms with Gasteiger partial charge in [-0.15, -0.1) is 0 Å². The van der Waals surface area contributed by atoms with Crippen LogP contribution in [0.5, 0.6) is 0 Å². The van der Waals surface area contributed by atoms with Crippen LogP contribution in [0.2, 0.25) is 0 Å². The van der Waals surface area contributed by atoms with Gasteiger partial charge in [0.2, 0.25) is 5.91 Å². The Morgan fingerprint density at radius 2 is 1.58 bits per heavy atom. The number of carbonyl (C=O) groups is 2. The molecule has 8 nitrogen and oxygen atoms in total. The summed E-state index contributed by atoms with van der Waals surface area (Å²) in [5.41, 5.74) is 1.81. The Bertz CT molecular complexity index is 1630. The van der Waals surface area contributed by atoms with E-state index in [9.17, 15) is 19.5 Å². The van der Waals surface area contributed by atoms with E-state index in [-0.39, 0.29) is 16.5 Å². The molecule has 0 aliphatic carbocycles. The van der Waals surface area contributed by atoms with E-state index in [0.717, 1.165) is 33.0 Å². The minimum absolute atomic E-state index is 0.160. The number of rotatable bonds is 5. The summed E-state index contributed by atoms with van der Waals surface area (Å²) >= 11 is 0. The summed E-state index contributed by atoms with van der Waals surface area (Å²) in [5.74, 6) is -2.01. The molecule has 0 unspecified atom stereocenters. The molecule has 0 saturated carbocycles. The highest BCUT2D eigenvalue weighted by atomic mass is 16.4. The second-order valence-electron chi connectivity index (χ2n) is 7.69. The van der Waals surface area contributed by atoms with Crippen LogP contribution in [0.1, 0.15) is 17.4 Å². The second kappa shape index (κ2) is 7.90. The van der Waals surface area contributed by atoms with E-state index in [1.54, 1.807) is 18.2 Å². The van der Waals surface area contributed by atoms with Gasteiger partial charge in [-0.25, -0.2) is 4.68 Å². The van der Waals surface area contributed by atoms with Gasteiger partial charge in [-0.2, -0.15) is 5.10 Å². The number of fused-ring (bicyclic) bond motifs is 4. The lowest BCUT2D eigenvalue weighted by Gasteiger charge is -2.12. The number of aryl methyl sites for hydroxylation is 1. The Labute approximate surface area is 187 Å². The maximum absolute atomic E-state index is 12.8. The predicted molar refractivity (Wildman–Crippen MR) is 124 cm³/mol. The maximum atomic E-state index is 12.8. The molecule has 0 aliphatic rings. The van der Waals surface area contributed by atoms with Crippen molar-refractivity contribution in [3.05, 3.63) is 82.8 Å². The van der Waals surface area contributed by atoms with E-state index in [0.29, 0.717) is 5.69 Å². The molecule has 0 aliphatic heterocycles. The van der Waals surface area contributed by atoms with Gasteiger partial charge < -0.3 is 19.8 Å². The number of hydrogen-bond acceptors (Lipinski definition) is 5. The Morgan fingerprint density at radius 3 is 2.30 bits per heavy atom. The Hall–Kier alpha value is -4.46. The molecule has 0 fully saturated rings. The van der Waals surface area contributed by atoms with Crippen molar-refractivity contribution < 1.29 is 14.7 Å². The topological polar surface area (TPSA) is 109 Å². The molecule has 1 amide bonds. The quantitative estimate of drug-likeness (QED) is 0.453. The normalized spacial score (nSPS) is 11.3. The third kappa shape index (κ3) is 3.41. The zero-order valence-corrected chi connectivity index (χ0v) is 17.7. The van der Waals surface area contributed by atoms with Crippen LogP contribution in [0.4, 0.5) is 5.69 Å². The molecule has 5 aromatic rings. The molecule has 1 N–H and O–H groups in total. The van der Waals surface area contributed by atoms with E-state index in [2.05, 4.69) is 28.0 Å². The summed E-state index contributed by atoms with van der Waals surface area (Å²) in [7, 11) is 0. The van der Waals surface area contributed by atoms with Gasteiger partial charge in [-0.3, -0.25) is 9.59 Å². The number of benzene rings is 3. The lowest BCUT2D eigenvalue weighted by atomic mass is 10.1. The first-order valence-electron chi connectivity index (χ1n) is 10.5. The highest BCUT2D eigenvalue weighted by Gasteiger charge is 2.15. The highest BCUT2D eigenvalue weighted by molar-refractivity contribution is 6.09.